The fraction of sp³-hybridized carbons (Fsp3) is 0.562. The average Bonchev–Trinajstić information content (AvgIpc) is 3.52. The van der Waals surface area contributed by atoms with Gasteiger partial charge in [0.15, 0.2) is 0 Å². The zero-order valence-corrected chi connectivity index (χ0v) is 24.5. The van der Waals surface area contributed by atoms with Crippen LogP contribution in [0.15, 0.2) is 24.3 Å². The molecule has 11 heteroatoms. The summed E-state index contributed by atoms with van der Waals surface area (Å²) < 4.78 is 35.2. The Kier molecular flexibility index (Phi) is 7.00. The predicted molar refractivity (Wildman–Crippen MR) is 153 cm³/mol. The van der Waals surface area contributed by atoms with Gasteiger partial charge in [0.05, 0.1) is 46.5 Å². The number of benzene rings is 1. The summed E-state index contributed by atoms with van der Waals surface area (Å²) in [5.74, 6) is -2.15. The first kappa shape index (κ1) is 28.6. The number of rotatable bonds is 6. The van der Waals surface area contributed by atoms with Crippen LogP contribution in [0.1, 0.15) is 77.8 Å². The van der Waals surface area contributed by atoms with Gasteiger partial charge >= 0.3 is 5.97 Å². The molecule has 5 aliphatic rings. The molecule has 2 aliphatic heterocycles. The normalized spacial score (nSPS) is 25.3. The quantitative estimate of drug-likeness (QED) is 0.484. The number of aliphatic carboxylic acids is 1. The monoisotopic (exact) mass is 613 g/mol. The number of alkyl halides is 2. The second-order valence-electron chi connectivity index (χ2n) is 13.1. The summed E-state index contributed by atoms with van der Waals surface area (Å²) in [7, 11) is 0. The molecule has 1 saturated carbocycles. The van der Waals surface area contributed by atoms with Gasteiger partial charge in [0.1, 0.15) is 0 Å². The molecular weight excluding hydrogens is 580 g/mol. The first-order valence-electron chi connectivity index (χ1n) is 15.1. The Balaban J connectivity index is 1.26. The minimum absolute atomic E-state index is 0.0299. The van der Waals surface area contributed by atoms with Crippen LogP contribution in [0.5, 0.6) is 0 Å². The Morgan fingerprint density at radius 1 is 1.09 bits per heavy atom. The van der Waals surface area contributed by atoms with Crippen LogP contribution in [0.25, 0.3) is 5.57 Å². The van der Waals surface area contributed by atoms with Crippen LogP contribution in [-0.4, -0.2) is 70.3 Å². The van der Waals surface area contributed by atoms with Crippen LogP contribution in [0, 0.1) is 17.3 Å². The van der Waals surface area contributed by atoms with E-state index in [1.807, 2.05) is 11.0 Å². The molecule has 2 unspecified atom stereocenters. The van der Waals surface area contributed by atoms with Crippen molar-refractivity contribution in [1.29, 1.82) is 0 Å². The van der Waals surface area contributed by atoms with Gasteiger partial charge < -0.3 is 14.7 Å². The number of fused-ring (bicyclic) bond motifs is 1. The van der Waals surface area contributed by atoms with Crippen LogP contribution < -0.4 is 0 Å². The van der Waals surface area contributed by atoms with Crippen LogP contribution in [-0.2, 0) is 32.6 Å². The molecule has 0 bridgehead atoms. The van der Waals surface area contributed by atoms with Crippen LogP contribution in [0.2, 0.25) is 5.02 Å². The van der Waals surface area contributed by atoms with Gasteiger partial charge in [-0.25, -0.2) is 8.78 Å². The van der Waals surface area contributed by atoms with Gasteiger partial charge in [0.2, 0.25) is 12.3 Å². The molecule has 43 heavy (non-hydrogen) atoms. The number of carboxylic acids is 1. The smallest absolute Gasteiger partial charge is 0.306 e. The van der Waals surface area contributed by atoms with Crippen molar-refractivity contribution in [2.75, 3.05) is 26.3 Å². The SMILES string of the molecule is O=C(O)C1CC=C(c2nn(C(=O)c3c(Cl)cccc3C3(C(F)F)CC3)c3c2CCC(C(=O)N2CCC4(COC4)C2)C3)CC1. The molecule has 1 aromatic carbocycles. The summed E-state index contributed by atoms with van der Waals surface area (Å²) in [6.07, 6.45) is 3.48. The number of carbonyl (C=O) groups is 3. The van der Waals surface area contributed by atoms with Crippen molar-refractivity contribution >= 4 is 35.0 Å². The first-order valence-corrected chi connectivity index (χ1v) is 15.5. The lowest BCUT2D eigenvalue weighted by Crippen LogP contribution is -2.46. The van der Waals surface area contributed by atoms with Gasteiger partial charge in [-0.3, -0.25) is 14.4 Å². The molecule has 228 valence electrons. The maximum atomic E-state index is 14.3. The van der Waals surface area contributed by atoms with Crippen molar-refractivity contribution in [2.24, 2.45) is 17.3 Å². The van der Waals surface area contributed by atoms with Crippen molar-refractivity contribution in [3.05, 3.63) is 57.4 Å². The molecule has 2 atom stereocenters. The number of nitrogens with zero attached hydrogens (tertiary/aromatic N) is 3. The number of aromatic nitrogens is 2. The predicted octanol–water partition coefficient (Wildman–Crippen LogP) is 5.14. The number of carboxylic acid groups (broad SMARTS) is 1. The lowest BCUT2D eigenvalue weighted by atomic mass is 9.82. The van der Waals surface area contributed by atoms with E-state index in [0.29, 0.717) is 76.2 Å². The van der Waals surface area contributed by atoms with E-state index < -0.39 is 29.6 Å². The minimum Gasteiger partial charge on any atom is -0.481 e. The second kappa shape index (κ2) is 10.5. The summed E-state index contributed by atoms with van der Waals surface area (Å²) in [5, 5.41) is 14.4. The van der Waals surface area contributed by atoms with E-state index in [4.69, 9.17) is 21.4 Å². The Morgan fingerprint density at radius 3 is 2.47 bits per heavy atom. The van der Waals surface area contributed by atoms with E-state index in [9.17, 15) is 28.3 Å². The van der Waals surface area contributed by atoms with E-state index >= 15 is 0 Å². The number of amides is 1. The van der Waals surface area contributed by atoms with Crippen LogP contribution >= 0.6 is 11.6 Å². The van der Waals surface area contributed by atoms with Crippen LogP contribution in [0.4, 0.5) is 8.78 Å². The van der Waals surface area contributed by atoms with Gasteiger partial charge in [-0.15, -0.1) is 0 Å². The number of hydrogen-bond acceptors (Lipinski definition) is 5. The highest BCUT2D eigenvalue weighted by molar-refractivity contribution is 6.34. The maximum Gasteiger partial charge on any atom is 0.306 e. The number of carbonyl (C=O) groups excluding carboxylic acids is 2. The van der Waals surface area contributed by atoms with Crippen molar-refractivity contribution in [1.82, 2.24) is 14.7 Å². The topological polar surface area (TPSA) is 102 Å². The summed E-state index contributed by atoms with van der Waals surface area (Å²) in [6, 6.07) is 4.69. The van der Waals surface area contributed by atoms with Gasteiger partial charge in [-0.2, -0.15) is 9.78 Å². The third-order valence-electron chi connectivity index (χ3n) is 10.4. The molecule has 7 rings (SSSR count). The van der Waals surface area contributed by atoms with Crippen molar-refractivity contribution < 1.29 is 33.0 Å². The minimum atomic E-state index is -2.64. The van der Waals surface area contributed by atoms with Crippen LogP contribution in [0.3, 0.4) is 0 Å². The van der Waals surface area contributed by atoms with Crippen molar-refractivity contribution in [2.45, 2.75) is 69.6 Å². The van der Waals surface area contributed by atoms with Gasteiger partial charge in [0, 0.05) is 36.4 Å². The number of allylic oxidation sites excluding steroid dienone is 2. The van der Waals surface area contributed by atoms with Crippen molar-refractivity contribution in [3.63, 3.8) is 0 Å². The zero-order valence-electron chi connectivity index (χ0n) is 23.8. The third-order valence-corrected chi connectivity index (χ3v) is 10.7. The maximum absolute atomic E-state index is 14.3. The molecule has 3 heterocycles. The van der Waals surface area contributed by atoms with E-state index in [0.717, 1.165) is 17.6 Å². The summed E-state index contributed by atoms with van der Waals surface area (Å²) >= 11 is 6.56. The molecular formula is C32H34ClF2N3O5. The average molecular weight is 614 g/mol. The molecule has 1 amide bonds. The number of hydrogen-bond donors (Lipinski definition) is 1. The molecule has 0 radical (unpaired) electrons. The molecule has 2 aromatic rings. The van der Waals surface area contributed by atoms with Gasteiger partial charge in [-0.05, 0) is 68.6 Å². The largest absolute Gasteiger partial charge is 0.481 e. The Bertz CT molecular complexity index is 1540. The Labute approximate surface area is 253 Å². The fourth-order valence-corrected chi connectivity index (χ4v) is 7.79. The molecule has 1 N–H and O–H groups in total. The summed E-state index contributed by atoms with van der Waals surface area (Å²) in [4.78, 5) is 41.5. The molecule has 3 aliphatic carbocycles. The van der Waals surface area contributed by atoms with E-state index in [1.54, 1.807) is 12.1 Å². The van der Waals surface area contributed by atoms with E-state index in [2.05, 4.69) is 0 Å². The van der Waals surface area contributed by atoms with Crippen molar-refractivity contribution in [3.8, 4) is 0 Å². The lowest BCUT2D eigenvalue weighted by molar-refractivity contribution is -0.142. The number of halogens is 3. The van der Waals surface area contributed by atoms with E-state index in [1.165, 1.54) is 10.7 Å². The van der Waals surface area contributed by atoms with Gasteiger partial charge in [0.25, 0.3) is 5.91 Å². The molecule has 1 aromatic heterocycles. The first-order chi connectivity index (χ1) is 20.6. The number of likely N-dealkylation sites (tertiary alicyclic amines) is 1. The molecule has 1 spiro atoms. The fourth-order valence-electron chi connectivity index (χ4n) is 7.53. The molecule has 8 nitrogen and oxygen atoms in total. The van der Waals surface area contributed by atoms with Gasteiger partial charge in [-0.1, -0.05) is 29.8 Å². The Hall–Kier alpha value is -3.11. The van der Waals surface area contributed by atoms with E-state index in [-0.39, 0.29) is 46.2 Å². The molecule has 3 fully saturated rings. The summed E-state index contributed by atoms with van der Waals surface area (Å²) in [6.45, 7) is 2.71. The standard InChI is InChI=1S/C32H34ClF2N3O5/c33-23-3-1-2-22(32(10-11-32)30(34)35)25(23)28(40)38-24-14-20(27(39)37-13-12-31(15-37)16-43-17-31)8-9-21(24)26(36-38)18-4-6-19(7-5-18)29(41)42/h1-4,19-20,30H,5-17H2,(H,41,42). The number of ether oxygens (including phenoxy) is 1. The second-order valence-corrected chi connectivity index (χ2v) is 13.5. The molecule has 2 saturated heterocycles. The highest BCUT2D eigenvalue weighted by Gasteiger charge is 2.54. The highest BCUT2D eigenvalue weighted by atomic mass is 35.5. The lowest BCUT2D eigenvalue weighted by Gasteiger charge is -2.38. The highest BCUT2D eigenvalue weighted by Crippen LogP contribution is 2.54. The summed E-state index contributed by atoms with van der Waals surface area (Å²) in [5.41, 5.74) is 1.91. The zero-order chi connectivity index (χ0) is 30.1. The third kappa shape index (κ3) is 4.72. The Morgan fingerprint density at radius 2 is 1.86 bits per heavy atom.